The summed E-state index contributed by atoms with van der Waals surface area (Å²) in [5, 5.41) is 9.54. The number of halogens is 3. The van der Waals surface area contributed by atoms with Gasteiger partial charge in [-0.05, 0) is 6.07 Å². The molecule has 0 aliphatic rings. The zero-order valence-corrected chi connectivity index (χ0v) is 11.5. The van der Waals surface area contributed by atoms with Crippen LogP contribution in [-0.4, -0.2) is 36.6 Å². The number of alkyl halides is 3. The molecule has 2 aromatic rings. The van der Waals surface area contributed by atoms with Gasteiger partial charge < -0.3 is 5.32 Å². The summed E-state index contributed by atoms with van der Waals surface area (Å²) in [6, 6.07) is 1.65. The van der Waals surface area contributed by atoms with Gasteiger partial charge in [0.15, 0.2) is 0 Å². The lowest BCUT2D eigenvalue weighted by Crippen LogP contribution is -2.33. The van der Waals surface area contributed by atoms with Crippen molar-refractivity contribution in [2.75, 3.05) is 6.54 Å². The molecule has 0 atom stereocenters. The first-order chi connectivity index (χ1) is 10.3. The highest BCUT2D eigenvalue weighted by Crippen LogP contribution is 2.25. The molecule has 2 heterocycles. The monoisotopic (exact) mass is 318 g/mol. The van der Waals surface area contributed by atoms with E-state index in [1.807, 2.05) is 0 Å². The Morgan fingerprint density at radius 2 is 2.14 bits per heavy atom. The van der Waals surface area contributed by atoms with Crippen molar-refractivity contribution in [2.45, 2.75) is 19.3 Å². The SMILES string of the molecule is Cn1c(C(F)(F)F)nn(CCNC(=O)Cn2cccn2)c1=O. The molecule has 1 N–H and O–H groups in total. The molecule has 11 heteroatoms. The largest absolute Gasteiger partial charge is 0.451 e. The Hall–Kier alpha value is -2.59. The lowest BCUT2D eigenvalue weighted by atomic mass is 10.5. The highest BCUT2D eigenvalue weighted by Gasteiger charge is 2.37. The van der Waals surface area contributed by atoms with Crippen LogP contribution in [0.2, 0.25) is 0 Å². The molecule has 120 valence electrons. The Labute approximate surface area is 122 Å². The van der Waals surface area contributed by atoms with Crippen LogP contribution in [0.3, 0.4) is 0 Å². The molecule has 0 bridgehead atoms. The lowest BCUT2D eigenvalue weighted by Gasteiger charge is -2.05. The molecule has 2 rings (SSSR count). The van der Waals surface area contributed by atoms with Gasteiger partial charge in [0, 0.05) is 26.0 Å². The van der Waals surface area contributed by atoms with E-state index >= 15 is 0 Å². The van der Waals surface area contributed by atoms with Crippen molar-refractivity contribution in [3.05, 3.63) is 34.8 Å². The normalized spacial score (nSPS) is 11.6. The van der Waals surface area contributed by atoms with Crippen molar-refractivity contribution in [3.63, 3.8) is 0 Å². The minimum atomic E-state index is -4.71. The van der Waals surface area contributed by atoms with E-state index in [2.05, 4.69) is 15.5 Å². The minimum absolute atomic E-state index is 0.0160. The molecule has 0 saturated carbocycles. The number of amides is 1. The number of rotatable bonds is 5. The highest BCUT2D eigenvalue weighted by atomic mass is 19.4. The lowest BCUT2D eigenvalue weighted by molar-refractivity contribution is -0.147. The maximum Gasteiger partial charge on any atom is 0.451 e. The molecule has 0 fully saturated rings. The first-order valence-corrected chi connectivity index (χ1v) is 6.24. The van der Waals surface area contributed by atoms with Crippen molar-refractivity contribution in [3.8, 4) is 0 Å². The van der Waals surface area contributed by atoms with Gasteiger partial charge in [-0.25, -0.2) is 9.48 Å². The summed E-state index contributed by atoms with van der Waals surface area (Å²) in [4.78, 5) is 23.2. The molecule has 8 nitrogen and oxygen atoms in total. The highest BCUT2D eigenvalue weighted by molar-refractivity contribution is 5.75. The van der Waals surface area contributed by atoms with Crippen LogP contribution in [0.4, 0.5) is 13.2 Å². The van der Waals surface area contributed by atoms with Crippen LogP contribution in [0.5, 0.6) is 0 Å². The molecule has 2 aromatic heterocycles. The van der Waals surface area contributed by atoms with Gasteiger partial charge in [-0.3, -0.25) is 14.0 Å². The number of hydrogen-bond acceptors (Lipinski definition) is 4. The van der Waals surface area contributed by atoms with Crippen LogP contribution in [0, 0.1) is 0 Å². The molecule has 0 unspecified atom stereocenters. The zero-order chi connectivity index (χ0) is 16.3. The van der Waals surface area contributed by atoms with E-state index in [-0.39, 0.29) is 25.5 Å². The third kappa shape index (κ3) is 3.54. The molecule has 0 saturated heterocycles. The smallest absolute Gasteiger partial charge is 0.353 e. The van der Waals surface area contributed by atoms with Crippen LogP contribution >= 0.6 is 0 Å². The van der Waals surface area contributed by atoms with Crippen LogP contribution in [0.15, 0.2) is 23.3 Å². The van der Waals surface area contributed by atoms with Crippen LogP contribution < -0.4 is 11.0 Å². The van der Waals surface area contributed by atoms with E-state index in [9.17, 15) is 22.8 Å². The first kappa shape index (κ1) is 15.8. The molecule has 0 radical (unpaired) electrons. The van der Waals surface area contributed by atoms with E-state index in [0.717, 1.165) is 7.05 Å². The number of carbonyl (C=O) groups excluding carboxylic acids is 1. The molecule has 0 aromatic carbocycles. The van der Waals surface area contributed by atoms with Crippen molar-refractivity contribution >= 4 is 5.91 Å². The average Bonchev–Trinajstić information content (AvgIpc) is 3.01. The third-order valence-electron chi connectivity index (χ3n) is 2.80. The standard InChI is InChI=1S/C11H13F3N6O2/c1-18-9(11(12,13)14)17-20(10(18)22)6-4-15-8(21)7-19-5-2-3-16-19/h2-3,5H,4,6-7H2,1H3,(H,15,21). The van der Waals surface area contributed by atoms with Gasteiger partial charge in [0.25, 0.3) is 0 Å². The van der Waals surface area contributed by atoms with Crippen molar-refractivity contribution in [1.29, 1.82) is 0 Å². The summed E-state index contributed by atoms with van der Waals surface area (Å²) in [5.74, 6) is -1.65. The van der Waals surface area contributed by atoms with Crippen molar-refractivity contribution in [1.82, 2.24) is 29.4 Å². The summed E-state index contributed by atoms with van der Waals surface area (Å²) in [6.07, 6.45) is -1.60. The van der Waals surface area contributed by atoms with E-state index in [1.165, 1.54) is 10.9 Å². The second-order valence-electron chi connectivity index (χ2n) is 4.44. The van der Waals surface area contributed by atoms with Crippen molar-refractivity contribution < 1.29 is 18.0 Å². The second kappa shape index (κ2) is 6.03. The fourth-order valence-electron chi connectivity index (χ4n) is 1.78. The fraction of sp³-hybridized carbons (Fsp3) is 0.455. The van der Waals surface area contributed by atoms with Gasteiger partial charge in [-0.15, -0.1) is 5.10 Å². The van der Waals surface area contributed by atoms with Gasteiger partial charge >= 0.3 is 11.9 Å². The molecule has 0 spiro atoms. The van der Waals surface area contributed by atoms with Gasteiger partial charge in [-0.2, -0.15) is 18.3 Å². The summed E-state index contributed by atoms with van der Waals surface area (Å²) in [6.45, 7) is -0.195. The summed E-state index contributed by atoms with van der Waals surface area (Å²) >= 11 is 0. The topological polar surface area (TPSA) is 86.7 Å². The zero-order valence-electron chi connectivity index (χ0n) is 11.5. The maximum absolute atomic E-state index is 12.6. The van der Waals surface area contributed by atoms with E-state index < -0.39 is 17.7 Å². The van der Waals surface area contributed by atoms with Crippen molar-refractivity contribution in [2.24, 2.45) is 7.05 Å². The van der Waals surface area contributed by atoms with Gasteiger partial charge in [0.1, 0.15) is 6.54 Å². The van der Waals surface area contributed by atoms with Crippen LogP contribution in [0.25, 0.3) is 0 Å². The molecule has 0 aliphatic carbocycles. The van der Waals surface area contributed by atoms with E-state index in [0.29, 0.717) is 9.25 Å². The first-order valence-electron chi connectivity index (χ1n) is 6.24. The number of aromatic nitrogens is 5. The molecular weight excluding hydrogens is 305 g/mol. The van der Waals surface area contributed by atoms with Gasteiger partial charge in [0.05, 0.1) is 6.54 Å². The number of nitrogens with zero attached hydrogens (tertiary/aromatic N) is 5. The molecule has 0 aliphatic heterocycles. The molecular formula is C11H13F3N6O2. The van der Waals surface area contributed by atoms with Crippen LogP contribution in [-0.2, 0) is 31.1 Å². The Bertz CT molecular complexity index is 700. The maximum atomic E-state index is 12.6. The number of hydrogen-bond donors (Lipinski definition) is 1. The minimum Gasteiger partial charge on any atom is -0.353 e. The summed E-state index contributed by atoms with van der Waals surface area (Å²) < 4.78 is 40.2. The van der Waals surface area contributed by atoms with E-state index in [4.69, 9.17) is 0 Å². The Morgan fingerprint density at radius 1 is 1.41 bits per heavy atom. The second-order valence-corrected chi connectivity index (χ2v) is 4.44. The fourth-order valence-corrected chi connectivity index (χ4v) is 1.78. The average molecular weight is 318 g/mol. The van der Waals surface area contributed by atoms with Crippen LogP contribution in [0.1, 0.15) is 5.82 Å². The summed E-state index contributed by atoms with van der Waals surface area (Å²) in [7, 11) is 0.991. The van der Waals surface area contributed by atoms with Gasteiger partial charge in [-0.1, -0.05) is 0 Å². The van der Waals surface area contributed by atoms with E-state index in [1.54, 1.807) is 12.3 Å². The summed E-state index contributed by atoms with van der Waals surface area (Å²) in [5.41, 5.74) is -0.895. The Morgan fingerprint density at radius 3 is 2.68 bits per heavy atom. The van der Waals surface area contributed by atoms with Gasteiger partial charge in [0.2, 0.25) is 11.7 Å². The third-order valence-corrected chi connectivity index (χ3v) is 2.80. The molecule has 22 heavy (non-hydrogen) atoms. The number of carbonyl (C=O) groups is 1. The number of nitrogens with one attached hydrogen (secondary N) is 1. The Kier molecular flexibility index (Phi) is 4.33. The predicted octanol–water partition coefficient (Wildman–Crippen LogP) is -0.387. The quantitative estimate of drug-likeness (QED) is 0.814. The predicted molar refractivity (Wildman–Crippen MR) is 67.7 cm³/mol. The Balaban J connectivity index is 1.92. The molecule has 1 amide bonds.